The third-order valence-electron chi connectivity index (χ3n) is 3.04. The van der Waals surface area contributed by atoms with Crippen LogP contribution >= 0.6 is 0 Å². The third-order valence-corrected chi connectivity index (χ3v) is 3.04. The highest BCUT2D eigenvalue weighted by atomic mass is 16.3. The Morgan fingerprint density at radius 2 is 1.61 bits per heavy atom. The Kier molecular flexibility index (Phi) is 3.81. The summed E-state index contributed by atoms with van der Waals surface area (Å²) in [6, 6.07) is 10.2. The highest BCUT2D eigenvalue weighted by molar-refractivity contribution is 5.91. The van der Waals surface area contributed by atoms with E-state index in [1.807, 2.05) is 0 Å². The molecule has 0 aliphatic rings. The van der Waals surface area contributed by atoms with Gasteiger partial charge in [0.1, 0.15) is 11.9 Å². The number of aliphatic hydroxyl groups is 3. The maximum Gasteiger partial charge on any atom is 0.123 e. The van der Waals surface area contributed by atoms with Gasteiger partial charge < -0.3 is 20.4 Å². The van der Waals surface area contributed by atoms with Gasteiger partial charge in [0, 0.05) is 12.0 Å². The lowest BCUT2D eigenvalue weighted by Crippen LogP contribution is -2.19. The number of hydrogen-bond donors (Lipinski definition) is 4. The number of phenols is 1. The Hall–Kier alpha value is -1.62. The quantitative estimate of drug-likeness (QED) is 0.658. The first-order chi connectivity index (χ1) is 8.65. The van der Waals surface area contributed by atoms with E-state index in [9.17, 15) is 15.3 Å². The molecule has 2 aromatic rings. The lowest BCUT2D eigenvalue weighted by Gasteiger charge is -2.19. The molecule has 4 heteroatoms. The van der Waals surface area contributed by atoms with E-state index in [0.717, 1.165) is 0 Å². The summed E-state index contributed by atoms with van der Waals surface area (Å²) in [5.41, 5.74) is 0.546. The number of hydrogen-bond acceptors (Lipinski definition) is 4. The SMILES string of the molecule is OCCC(O)C(O)c1ccc(O)c2ccccc12. The van der Waals surface area contributed by atoms with Crippen molar-refractivity contribution in [3.8, 4) is 5.75 Å². The fourth-order valence-corrected chi connectivity index (χ4v) is 2.06. The molecule has 2 aromatic carbocycles. The van der Waals surface area contributed by atoms with Gasteiger partial charge in [-0.1, -0.05) is 30.3 Å². The predicted octanol–water partition coefficient (Wildman–Crippen LogP) is 1.32. The van der Waals surface area contributed by atoms with E-state index < -0.39 is 12.2 Å². The molecule has 2 unspecified atom stereocenters. The third kappa shape index (κ3) is 2.31. The smallest absolute Gasteiger partial charge is 0.123 e. The number of fused-ring (bicyclic) bond motifs is 1. The molecule has 0 aliphatic carbocycles. The van der Waals surface area contributed by atoms with E-state index >= 15 is 0 Å². The zero-order valence-electron chi connectivity index (χ0n) is 9.82. The summed E-state index contributed by atoms with van der Waals surface area (Å²) >= 11 is 0. The van der Waals surface area contributed by atoms with E-state index in [1.54, 1.807) is 30.3 Å². The second-order valence-corrected chi connectivity index (χ2v) is 4.24. The molecule has 2 atom stereocenters. The first-order valence-electron chi connectivity index (χ1n) is 5.82. The highest BCUT2D eigenvalue weighted by Crippen LogP contribution is 2.32. The van der Waals surface area contributed by atoms with E-state index in [0.29, 0.717) is 16.3 Å². The molecular formula is C14H16O4. The van der Waals surface area contributed by atoms with Crippen LogP contribution in [0.15, 0.2) is 36.4 Å². The van der Waals surface area contributed by atoms with E-state index in [2.05, 4.69) is 0 Å². The average molecular weight is 248 g/mol. The van der Waals surface area contributed by atoms with Gasteiger partial charge in [-0.25, -0.2) is 0 Å². The fraction of sp³-hybridized carbons (Fsp3) is 0.286. The second kappa shape index (κ2) is 5.35. The van der Waals surface area contributed by atoms with Crippen LogP contribution in [0.4, 0.5) is 0 Å². The minimum atomic E-state index is -1.08. The number of benzene rings is 2. The largest absolute Gasteiger partial charge is 0.507 e. The van der Waals surface area contributed by atoms with E-state index in [-0.39, 0.29) is 18.8 Å². The van der Waals surface area contributed by atoms with Gasteiger partial charge in [-0.2, -0.15) is 0 Å². The van der Waals surface area contributed by atoms with Crippen LogP contribution in [0.2, 0.25) is 0 Å². The van der Waals surface area contributed by atoms with Crippen molar-refractivity contribution in [3.05, 3.63) is 42.0 Å². The summed E-state index contributed by atoms with van der Waals surface area (Å²) in [6.07, 6.45) is -2.00. The molecule has 0 aliphatic heterocycles. The van der Waals surface area contributed by atoms with Gasteiger partial charge >= 0.3 is 0 Å². The summed E-state index contributed by atoms with van der Waals surface area (Å²) in [5.74, 6) is 0.137. The molecule has 0 saturated carbocycles. The zero-order chi connectivity index (χ0) is 13.1. The molecule has 0 aromatic heterocycles. The van der Waals surface area contributed by atoms with Crippen LogP contribution in [0.25, 0.3) is 10.8 Å². The Morgan fingerprint density at radius 1 is 0.944 bits per heavy atom. The Labute approximate surface area is 105 Å². The van der Waals surface area contributed by atoms with Crippen molar-refractivity contribution in [3.63, 3.8) is 0 Å². The van der Waals surface area contributed by atoms with Crippen LogP contribution in [0.3, 0.4) is 0 Å². The van der Waals surface area contributed by atoms with Crippen LogP contribution in [-0.4, -0.2) is 33.1 Å². The fourth-order valence-electron chi connectivity index (χ4n) is 2.06. The Balaban J connectivity index is 2.48. The molecule has 0 saturated heterocycles. The van der Waals surface area contributed by atoms with Gasteiger partial charge in [-0.05, 0) is 23.4 Å². The van der Waals surface area contributed by atoms with Crippen molar-refractivity contribution >= 4 is 10.8 Å². The Bertz CT molecular complexity index is 538. The van der Waals surface area contributed by atoms with Gasteiger partial charge in [0.15, 0.2) is 0 Å². The monoisotopic (exact) mass is 248 g/mol. The molecule has 0 bridgehead atoms. The average Bonchev–Trinajstić information content (AvgIpc) is 2.39. The van der Waals surface area contributed by atoms with Crippen molar-refractivity contribution in [2.75, 3.05) is 6.61 Å². The van der Waals surface area contributed by atoms with Crippen molar-refractivity contribution < 1.29 is 20.4 Å². The predicted molar refractivity (Wildman–Crippen MR) is 68.3 cm³/mol. The van der Waals surface area contributed by atoms with E-state index in [1.165, 1.54) is 6.07 Å². The maximum atomic E-state index is 10.1. The molecule has 4 N–H and O–H groups in total. The van der Waals surface area contributed by atoms with Gasteiger partial charge in [0.25, 0.3) is 0 Å². The van der Waals surface area contributed by atoms with Crippen LogP contribution in [0, 0.1) is 0 Å². The standard InChI is InChI=1S/C14H16O4/c15-8-7-13(17)14(18)11-5-6-12(16)10-4-2-1-3-9(10)11/h1-6,13-18H,7-8H2. The number of aromatic hydroxyl groups is 1. The van der Waals surface area contributed by atoms with Crippen LogP contribution in [0.1, 0.15) is 18.1 Å². The molecule has 0 radical (unpaired) electrons. The first kappa shape index (κ1) is 12.8. The molecule has 0 spiro atoms. The van der Waals surface area contributed by atoms with Gasteiger partial charge in [-0.15, -0.1) is 0 Å². The topological polar surface area (TPSA) is 80.9 Å². The second-order valence-electron chi connectivity index (χ2n) is 4.24. The van der Waals surface area contributed by atoms with Crippen LogP contribution < -0.4 is 0 Å². The zero-order valence-corrected chi connectivity index (χ0v) is 9.82. The first-order valence-corrected chi connectivity index (χ1v) is 5.82. The molecule has 0 heterocycles. The molecule has 4 nitrogen and oxygen atoms in total. The van der Waals surface area contributed by atoms with Crippen molar-refractivity contribution in [2.45, 2.75) is 18.6 Å². The van der Waals surface area contributed by atoms with E-state index in [4.69, 9.17) is 5.11 Å². The number of phenolic OH excluding ortho intramolecular Hbond substituents is 1. The van der Waals surface area contributed by atoms with Crippen LogP contribution in [-0.2, 0) is 0 Å². The molecule has 96 valence electrons. The lowest BCUT2D eigenvalue weighted by molar-refractivity contribution is 0.00499. The van der Waals surface area contributed by atoms with Gasteiger partial charge in [0.2, 0.25) is 0 Å². The van der Waals surface area contributed by atoms with Crippen molar-refractivity contribution in [1.29, 1.82) is 0 Å². The minimum Gasteiger partial charge on any atom is -0.507 e. The molecule has 2 rings (SSSR count). The number of aliphatic hydroxyl groups excluding tert-OH is 3. The summed E-state index contributed by atoms with van der Waals surface area (Å²) in [6.45, 7) is -0.186. The molecule has 18 heavy (non-hydrogen) atoms. The lowest BCUT2D eigenvalue weighted by atomic mass is 9.96. The van der Waals surface area contributed by atoms with Crippen molar-refractivity contribution in [1.82, 2.24) is 0 Å². The molecule has 0 fully saturated rings. The highest BCUT2D eigenvalue weighted by Gasteiger charge is 2.20. The number of rotatable bonds is 4. The Morgan fingerprint density at radius 3 is 2.28 bits per heavy atom. The summed E-state index contributed by atoms with van der Waals surface area (Å²) in [7, 11) is 0. The van der Waals surface area contributed by atoms with Crippen molar-refractivity contribution in [2.24, 2.45) is 0 Å². The summed E-state index contributed by atoms with van der Waals surface area (Å²) < 4.78 is 0. The summed E-state index contributed by atoms with van der Waals surface area (Å²) in [5, 5.41) is 39.6. The normalized spacial score (nSPS) is 14.6. The van der Waals surface area contributed by atoms with Gasteiger partial charge in [0.05, 0.1) is 6.10 Å². The van der Waals surface area contributed by atoms with Crippen LogP contribution in [0.5, 0.6) is 5.75 Å². The summed E-state index contributed by atoms with van der Waals surface area (Å²) in [4.78, 5) is 0. The molecular weight excluding hydrogens is 232 g/mol. The minimum absolute atomic E-state index is 0.108. The molecule has 0 amide bonds. The van der Waals surface area contributed by atoms with Gasteiger partial charge in [-0.3, -0.25) is 0 Å². The maximum absolute atomic E-state index is 10.1.